The summed E-state index contributed by atoms with van der Waals surface area (Å²) >= 11 is 0. The summed E-state index contributed by atoms with van der Waals surface area (Å²) in [6.07, 6.45) is 3.99. The van der Waals surface area contributed by atoms with E-state index >= 15 is 0 Å². The smallest absolute Gasteiger partial charge is 0.323 e. The Morgan fingerprint density at radius 2 is 1.60 bits per heavy atom. The van der Waals surface area contributed by atoms with Gasteiger partial charge in [-0.2, -0.15) is 15.0 Å². The van der Waals surface area contributed by atoms with Crippen molar-refractivity contribution >= 4 is 11.9 Å². The van der Waals surface area contributed by atoms with Gasteiger partial charge in [0.05, 0.1) is 13.4 Å². The molecule has 14 nitrogen and oxygen atoms in total. The molecule has 0 saturated carbocycles. The van der Waals surface area contributed by atoms with Crippen LogP contribution in [0.3, 0.4) is 0 Å². The van der Waals surface area contributed by atoms with Crippen LogP contribution in [0.5, 0.6) is 11.8 Å². The van der Waals surface area contributed by atoms with E-state index in [2.05, 4.69) is 30.6 Å². The molecule has 0 aliphatic carbocycles. The zero-order valence-corrected chi connectivity index (χ0v) is 25.1. The van der Waals surface area contributed by atoms with E-state index in [-0.39, 0.29) is 18.7 Å². The third kappa shape index (κ3) is 7.16. The van der Waals surface area contributed by atoms with Crippen molar-refractivity contribution in [2.45, 2.75) is 89.5 Å². The molecule has 2 N–H and O–H groups in total. The predicted molar refractivity (Wildman–Crippen MR) is 153 cm³/mol. The van der Waals surface area contributed by atoms with Gasteiger partial charge in [0.15, 0.2) is 17.9 Å². The van der Waals surface area contributed by atoms with Gasteiger partial charge in [-0.05, 0) is 51.8 Å². The molecule has 0 spiro atoms. The van der Waals surface area contributed by atoms with E-state index in [4.69, 9.17) is 33.2 Å². The van der Waals surface area contributed by atoms with Crippen LogP contribution in [-0.4, -0.2) is 87.0 Å². The Balaban J connectivity index is 1.14. The summed E-state index contributed by atoms with van der Waals surface area (Å²) in [6.45, 7) is 9.51. The lowest BCUT2D eigenvalue weighted by Crippen LogP contribution is -2.56. The molecule has 0 amide bonds. The molecule has 0 unspecified atom stereocenters. The fourth-order valence-electron chi connectivity index (χ4n) is 5.37. The van der Waals surface area contributed by atoms with Gasteiger partial charge in [-0.3, -0.25) is 0 Å². The summed E-state index contributed by atoms with van der Waals surface area (Å²) in [4.78, 5) is 17.7. The average molecular weight is 598 g/mol. The Kier molecular flexibility index (Phi) is 8.38. The molecule has 0 bridgehead atoms. The molecule has 0 radical (unpaired) electrons. The van der Waals surface area contributed by atoms with Crippen LogP contribution in [0.25, 0.3) is 0 Å². The molecule has 3 aliphatic heterocycles. The molecule has 232 valence electrons. The van der Waals surface area contributed by atoms with Crippen LogP contribution in [-0.2, 0) is 36.8 Å². The number of hydrogen-bond acceptors (Lipinski definition) is 13. The zero-order valence-electron chi connectivity index (χ0n) is 25.1. The quantitative estimate of drug-likeness (QED) is 0.295. The van der Waals surface area contributed by atoms with Crippen LogP contribution in [0.1, 0.15) is 39.7 Å². The Bertz CT molecular complexity index is 1360. The highest BCUT2D eigenvalue weighted by atomic mass is 16.9. The number of nitrogens with zero attached hydrogens (tertiary/aromatic N) is 5. The highest BCUT2D eigenvalue weighted by molar-refractivity contribution is 5.37. The van der Waals surface area contributed by atoms with Crippen molar-refractivity contribution in [1.29, 1.82) is 0 Å². The van der Waals surface area contributed by atoms with E-state index in [1.54, 1.807) is 19.6 Å². The number of imidazole rings is 1. The number of ether oxygens (including phenoxy) is 7. The molecule has 43 heavy (non-hydrogen) atoms. The van der Waals surface area contributed by atoms with Gasteiger partial charge in [0.2, 0.25) is 11.9 Å². The molecular weight excluding hydrogens is 558 g/mol. The molecule has 2 aromatic heterocycles. The molecule has 1 aromatic carbocycles. The normalized spacial score (nSPS) is 26.9. The van der Waals surface area contributed by atoms with Crippen LogP contribution in [0.15, 0.2) is 43.0 Å². The monoisotopic (exact) mass is 597 g/mol. The Morgan fingerprint density at radius 3 is 2.35 bits per heavy atom. The van der Waals surface area contributed by atoms with Crippen LogP contribution in [0.4, 0.5) is 11.9 Å². The molecule has 3 fully saturated rings. The second kappa shape index (κ2) is 12.2. The van der Waals surface area contributed by atoms with Gasteiger partial charge in [-0.15, -0.1) is 0 Å². The van der Waals surface area contributed by atoms with Crippen LogP contribution >= 0.6 is 0 Å². The number of fused-ring (bicyclic) bond motifs is 3. The molecule has 3 aliphatic rings. The van der Waals surface area contributed by atoms with E-state index in [1.807, 2.05) is 62.7 Å². The maximum Gasteiger partial charge on any atom is 0.323 e. The van der Waals surface area contributed by atoms with Crippen LogP contribution in [0, 0.1) is 0 Å². The summed E-state index contributed by atoms with van der Waals surface area (Å²) < 4.78 is 44.2. The fourth-order valence-corrected chi connectivity index (χ4v) is 5.37. The lowest BCUT2D eigenvalue weighted by atomic mass is 9.99. The lowest BCUT2D eigenvalue weighted by molar-refractivity contribution is -0.238. The highest BCUT2D eigenvalue weighted by Gasteiger charge is 2.60. The summed E-state index contributed by atoms with van der Waals surface area (Å²) in [7, 11) is 1.64. The topological polar surface area (TPSA) is 145 Å². The number of hydrogen-bond donors (Lipinski definition) is 2. The second-order valence-electron chi connectivity index (χ2n) is 11.6. The minimum Gasteiger partial charge on any atom is -0.497 e. The van der Waals surface area contributed by atoms with E-state index in [1.165, 1.54) is 0 Å². The van der Waals surface area contributed by atoms with Gasteiger partial charge in [0.1, 0.15) is 36.8 Å². The first-order chi connectivity index (χ1) is 20.7. The standard InChI is InChI=1S/C29H39N7O7/c1-28(2)40-21-20(39-24-23(22(21)41-28)42-29(3,4)43-24)16-38-27-34-25(31-11-6-13-36-14-12-30-17-36)33-26(35-27)32-15-18-7-9-19(37-5)10-8-18/h7-10,12,14,17,20-24H,6,11,13,15-16H2,1-5H3,(H2,31,32,33,34,35)/t20-,21+,22+,23-,24-/m1/s1. The fraction of sp³-hybridized carbons (Fsp3) is 0.586. The van der Waals surface area contributed by atoms with Crippen molar-refractivity contribution in [3.8, 4) is 11.8 Å². The van der Waals surface area contributed by atoms with E-state index < -0.39 is 36.2 Å². The van der Waals surface area contributed by atoms with E-state index in [9.17, 15) is 0 Å². The summed E-state index contributed by atoms with van der Waals surface area (Å²) in [5.74, 6) is -0.0505. The lowest BCUT2D eigenvalue weighted by Gasteiger charge is -2.36. The first kappa shape index (κ1) is 29.5. The summed E-state index contributed by atoms with van der Waals surface area (Å²) in [5, 5.41) is 6.55. The number of anilines is 2. The van der Waals surface area contributed by atoms with E-state index in [0.29, 0.717) is 25.0 Å². The number of methoxy groups -OCH3 is 1. The van der Waals surface area contributed by atoms with Gasteiger partial charge >= 0.3 is 6.01 Å². The predicted octanol–water partition coefficient (Wildman–Crippen LogP) is 2.97. The SMILES string of the molecule is COc1ccc(CNc2nc(NCCCn3ccnc3)nc(OC[C@H]3O[C@@H]4OC(C)(C)O[C@@H]4[C@H]4OC(C)(C)O[C@H]43)n2)cc1. The Hall–Kier alpha value is -3.56. The van der Waals surface area contributed by atoms with Gasteiger partial charge in [-0.25, -0.2) is 4.98 Å². The third-order valence-electron chi connectivity index (χ3n) is 7.29. The minimum atomic E-state index is -0.804. The zero-order chi connectivity index (χ0) is 30.0. The van der Waals surface area contributed by atoms with Crippen molar-refractivity contribution in [3.63, 3.8) is 0 Å². The van der Waals surface area contributed by atoms with Crippen molar-refractivity contribution in [1.82, 2.24) is 24.5 Å². The third-order valence-corrected chi connectivity index (χ3v) is 7.29. The second-order valence-corrected chi connectivity index (χ2v) is 11.6. The van der Waals surface area contributed by atoms with Crippen molar-refractivity contribution in [3.05, 3.63) is 48.5 Å². The first-order valence-corrected chi connectivity index (χ1v) is 14.5. The Labute approximate surface area is 250 Å². The first-order valence-electron chi connectivity index (χ1n) is 14.5. The van der Waals surface area contributed by atoms with Gasteiger partial charge in [0, 0.05) is 32.0 Å². The van der Waals surface area contributed by atoms with Gasteiger partial charge in [0.25, 0.3) is 0 Å². The summed E-state index contributed by atoms with van der Waals surface area (Å²) in [6, 6.07) is 7.92. The molecule has 5 heterocycles. The molecule has 3 aromatic rings. The van der Waals surface area contributed by atoms with Gasteiger partial charge < -0.3 is 48.4 Å². The number of rotatable bonds is 12. The Morgan fingerprint density at radius 1 is 0.884 bits per heavy atom. The average Bonchev–Trinajstić information content (AvgIpc) is 3.69. The van der Waals surface area contributed by atoms with E-state index in [0.717, 1.165) is 24.3 Å². The van der Waals surface area contributed by atoms with Crippen LogP contribution in [0.2, 0.25) is 0 Å². The number of benzene rings is 1. The van der Waals surface area contributed by atoms with Crippen molar-refractivity contribution < 1.29 is 33.2 Å². The number of aryl methyl sites for hydroxylation is 1. The van der Waals surface area contributed by atoms with Gasteiger partial charge in [-0.1, -0.05) is 12.1 Å². The van der Waals surface area contributed by atoms with Crippen molar-refractivity contribution in [2.75, 3.05) is 30.9 Å². The molecule has 6 rings (SSSR count). The van der Waals surface area contributed by atoms with Crippen molar-refractivity contribution in [2.24, 2.45) is 0 Å². The molecular formula is C29H39N7O7. The maximum absolute atomic E-state index is 6.28. The maximum atomic E-state index is 6.28. The number of nitrogens with one attached hydrogen (secondary N) is 2. The largest absolute Gasteiger partial charge is 0.497 e. The molecule has 3 saturated heterocycles. The van der Waals surface area contributed by atoms with Crippen LogP contribution < -0.4 is 20.1 Å². The minimum absolute atomic E-state index is 0.107. The highest BCUT2D eigenvalue weighted by Crippen LogP contribution is 2.44. The molecule has 14 heteroatoms. The summed E-state index contributed by atoms with van der Waals surface area (Å²) in [5.41, 5.74) is 1.04. The molecule has 5 atom stereocenters. The number of aromatic nitrogens is 5.